The number of carbonyl (C=O) groups is 1. The molecule has 2 aromatic carbocycles. The second kappa shape index (κ2) is 8.62. The van der Waals surface area contributed by atoms with Crippen LogP contribution >= 0.6 is 11.3 Å². The third-order valence-corrected chi connectivity index (χ3v) is 8.78. The molecule has 1 amide bonds. The molecule has 7 nitrogen and oxygen atoms in total. The van der Waals surface area contributed by atoms with Gasteiger partial charge in [-0.1, -0.05) is 11.3 Å². The van der Waals surface area contributed by atoms with Gasteiger partial charge in [0.25, 0.3) is 5.91 Å². The number of alkyl halides is 3. The lowest BCUT2D eigenvalue weighted by atomic mass is 9.78. The largest absolute Gasteiger partial charge is 0.497 e. The number of nitrogens with two attached hydrogens (primary N) is 1. The van der Waals surface area contributed by atoms with Crippen molar-refractivity contribution in [2.24, 2.45) is 5.92 Å². The van der Waals surface area contributed by atoms with Crippen molar-refractivity contribution in [1.82, 2.24) is 15.3 Å². The predicted molar refractivity (Wildman–Crippen MR) is 140 cm³/mol. The highest BCUT2D eigenvalue weighted by atomic mass is 32.1. The number of nitrogens with one attached hydrogen (secondary N) is 1. The number of aliphatic hydroxyl groups is 1. The zero-order chi connectivity index (χ0) is 28.9. The average molecular weight is 585 g/mol. The molecule has 2 aromatic heterocycles. The number of benzene rings is 2. The highest BCUT2D eigenvalue weighted by molar-refractivity contribution is 7.22. The van der Waals surface area contributed by atoms with E-state index in [4.69, 9.17) is 10.5 Å². The Hall–Kier alpha value is -3.78. The topological polar surface area (TPSA) is 110 Å². The van der Waals surface area contributed by atoms with Crippen LogP contribution in [0.25, 0.3) is 21.5 Å². The van der Waals surface area contributed by atoms with E-state index in [0.717, 1.165) is 36.8 Å². The van der Waals surface area contributed by atoms with Gasteiger partial charge in [-0.05, 0) is 61.2 Å². The number of ether oxygens (including phenoxy) is 1. The maximum Gasteiger partial charge on any atom is 0.394 e. The number of rotatable bonds is 6. The number of carbonyl (C=O) groups excluding carboxylic acids is 1. The van der Waals surface area contributed by atoms with Crippen molar-refractivity contribution in [3.63, 3.8) is 0 Å². The second-order valence-electron chi connectivity index (χ2n) is 10.5. The molecule has 0 spiro atoms. The van der Waals surface area contributed by atoms with Crippen LogP contribution in [0, 0.1) is 17.6 Å². The molecular formula is C27H19BF5N4O3S. The van der Waals surface area contributed by atoms with Gasteiger partial charge in [0.15, 0.2) is 18.2 Å². The van der Waals surface area contributed by atoms with Crippen LogP contribution in [0.3, 0.4) is 0 Å². The van der Waals surface area contributed by atoms with E-state index in [1.54, 1.807) is 0 Å². The fourth-order valence-corrected chi connectivity index (χ4v) is 6.33. The summed E-state index contributed by atoms with van der Waals surface area (Å²) in [5.41, 5.74) is 3.86. The van der Waals surface area contributed by atoms with E-state index in [1.807, 2.05) is 0 Å². The van der Waals surface area contributed by atoms with Gasteiger partial charge in [0.2, 0.25) is 0 Å². The number of hydrogen-bond donors (Lipinski definition) is 3. The normalized spacial score (nSPS) is 22.3. The highest BCUT2D eigenvalue weighted by Crippen LogP contribution is 2.63. The van der Waals surface area contributed by atoms with E-state index < -0.39 is 53.1 Å². The maximum absolute atomic E-state index is 14.5. The lowest BCUT2D eigenvalue weighted by Gasteiger charge is -2.30. The van der Waals surface area contributed by atoms with Gasteiger partial charge in [0.05, 0.1) is 28.3 Å². The van der Waals surface area contributed by atoms with E-state index >= 15 is 0 Å². The van der Waals surface area contributed by atoms with Gasteiger partial charge in [0, 0.05) is 16.7 Å². The van der Waals surface area contributed by atoms with Crippen LogP contribution in [0.4, 0.5) is 27.1 Å². The second-order valence-corrected chi connectivity index (χ2v) is 11.6. The maximum atomic E-state index is 14.5. The Morgan fingerprint density at radius 2 is 1.90 bits per heavy atom. The summed E-state index contributed by atoms with van der Waals surface area (Å²) in [6, 6.07) is 7.41. The summed E-state index contributed by atoms with van der Waals surface area (Å²) in [5.74, 6) is -2.48. The lowest BCUT2D eigenvalue weighted by Crippen LogP contribution is -2.43. The molecule has 4 aromatic rings. The van der Waals surface area contributed by atoms with Gasteiger partial charge < -0.3 is 20.9 Å². The van der Waals surface area contributed by atoms with E-state index in [0.29, 0.717) is 23.1 Å². The number of pyridine rings is 1. The Labute approximate surface area is 233 Å². The fourth-order valence-electron chi connectivity index (χ4n) is 5.54. The molecular weight excluding hydrogens is 566 g/mol. The average Bonchev–Trinajstić information content (AvgIpc) is 3.84. The molecule has 209 valence electrons. The van der Waals surface area contributed by atoms with Crippen molar-refractivity contribution in [3.05, 3.63) is 70.9 Å². The molecule has 3 aliphatic rings. The van der Waals surface area contributed by atoms with Crippen LogP contribution in [-0.4, -0.2) is 47.0 Å². The smallest absolute Gasteiger partial charge is 0.394 e. The SMILES string of the molecule is Nc1nc2c(F)cc(C(=O)NCC(O)(c3cc4c(c(-c5ccc(F)cc5)n3)O[C@@H]3[B][C@@]43C(F)(F)F)C3CC3)cc2s1. The first-order valence-corrected chi connectivity index (χ1v) is 13.5. The number of anilines is 1. The first kappa shape index (κ1) is 26.1. The molecule has 4 heterocycles. The van der Waals surface area contributed by atoms with Crippen molar-refractivity contribution in [2.45, 2.75) is 35.9 Å². The monoisotopic (exact) mass is 585 g/mol. The van der Waals surface area contributed by atoms with Gasteiger partial charge >= 0.3 is 6.18 Å². The van der Waals surface area contributed by atoms with Gasteiger partial charge in [0.1, 0.15) is 28.4 Å². The molecule has 2 aliphatic heterocycles. The van der Waals surface area contributed by atoms with E-state index in [9.17, 15) is 31.9 Å². The third kappa shape index (κ3) is 3.98. The summed E-state index contributed by atoms with van der Waals surface area (Å²) in [6.07, 6.45) is -3.57. The summed E-state index contributed by atoms with van der Waals surface area (Å²) in [4.78, 5) is 21.5. The number of thiazole rings is 1. The minimum atomic E-state index is -4.67. The Bertz CT molecular complexity index is 1750. The molecule has 2 fully saturated rings. The van der Waals surface area contributed by atoms with Crippen molar-refractivity contribution in [2.75, 3.05) is 12.3 Å². The number of hydrogen-bond acceptors (Lipinski definition) is 7. The zero-order valence-corrected chi connectivity index (χ0v) is 21.7. The van der Waals surface area contributed by atoms with E-state index in [1.165, 1.54) is 24.3 Å². The summed E-state index contributed by atoms with van der Waals surface area (Å²) < 4.78 is 77.1. The number of fused-ring (bicyclic) bond motifs is 4. The molecule has 4 N–H and O–H groups in total. The highest BCUT2D eigenvalue weighted by Gasteiger charge is 2.78. The number of nitrogens with zero attached hydrogens (tertiary/aromatic N) is 2. The van der Waals surface area contributed by atoms with Gasteiger partial charge in [-0.3, -0.25) is 4.79 Å². The Kier molecular flexibility index (Phi) is 5.49. The number of halogens is 5. The van der Waals surface area contributed by atoms with E-state index in [-0.39, 0.29) is 38.9 Å². The van der Waals surface area contributed by atoms with E-state index in [2.05, 4.69) is 15.3 Å². The minimum Gasteiger partial charge on any atom is -0.497 e. The number of nitrogen functional groups attached to an aromatic ring is 1. The summed E-state index contributed by atoms with van der Waals surface area (Å²) in [6.45, 7) is -0.400. The lowest BCUT2D eigenvalue weighted by molar-refractivity contribution is -0.156. The van der Waals surface area contributed by atoms with Crippen LogP contribution < -0.4 is 15.8 Å². The molecule has 41 heavy (non-hydrogen) atoms. The van der Waals surface area contributed by atoms with Gasteiger partial charge in [-0.25, -0.2) is 18.7 Å². The van der Waals surface area contributed by atoms with Crippen molar-refractivity contribution >= 4 is 39.9 Å². The Balaban J connectivity index is 1.28. The van der Waals surface area contributed by atoms with Gasteiger partial charge in [-0.15, -0.1) is 0 Å². The molecule has 1 unspecified atom stereocenters. The first-order valence-electron chi connectivity index (χ1n) is 12.7. The minimum absolute atomic E-state index is 0.0300. The molecule has 3 atom stereocenters. The number of aromatic nitrogens is 2. The van der Waals surface area contributed by atoms with Crippen molar-refractivity contribution in [1.29, 1.82) is 0 Å². The first-order chi connectivity index (χ1) is 19.4. The van der Waals surface area contributed by atoms with Crippen LogP contribution in [0.5, 0.6) is 5.75 Å². The predicted octanol–water partition coefficient (Wildman–Crippen LogP) is 4.44. The van der Waals surface area contributed by atoms with Crippen LogP contribution in [0.15, 0.2) is 42.5 Å². The van der Waals surface area contributed by atoms with Crippen LogP contribution in [0.2, 0.25) is 0 Å². The van der Waals surface area contributed by atoms with Crippen molar-refractivity contribution < 1.29 is 36.6 Å². The van der Waals surface area contributed by atoms with Gasteiger partial charge in [-0.2, -0.15) is 13.2 Å². The zero-order valence-electron chi connectivity index (χ0n) is 20.9. The Morgan fingerprint density at radius 1 is 1.17 bits per heavy atom. The molecule has 14 heteroatoms. The molecule has 1 aliphatic carbocycles. The molecule has 1 saturated heterocycles. The molecule has 1 saturated carbocycles. The summed E-state index contributed by atoms with van der Waals surface area (Å²) in [5, 5.41) is 12.3. The Morgan fingerprint density at radius 3 is 2.59 bits per heavy atom. The fraction of sp³-hybridized carbons (Fsp3) is 0.296. The summed E-state index contributed by atoms with van der Waals surface area (Å²) in [7, 11) is 1.04. The van der Waals surface area contributed by atoms with Crippen LogP contribution in [0.1, 0.15) is 34.5 Å². The molecule has 7 rings (SSSR count). The van der Waals surface area contributed by atoms with Crippen molar-refractivity contribution in [3.8, 4) is 17.0 Å². The standard InChI is InChI=1S/C27H19BF5N4O3S/c29-14-5-1-11(2-6-14)19-21-15(26(27(31,32)33)23(28-26)40-21)9-18(36-19)25(39,13-3-4-13)10-35-22(38)12-7-16(30)20-17(8-12)41-24(34)37-20/h1-2,5-9,13,23,39H,3-4,10H2,(H2,34,37)(H,35,38)/t23-,25?,26-/m0/s1. The quantitative estimate of drug-likeness (QED) is 0.228. The van der Waals surface area contributed by atoms with Crippen LogP contribution in [-0.2, 0) is 10.9 Å². The third-order valence-electron chi connectivity index (χ3n) is 7.95. The molecule has 1 radical (unpaired) electrons. The number of amides is 1. The summed E-state index contributed by atoms with van der Waals surface area (Å²) >= 11 is 1.01. The molecule has 0 bridgehead atoms.